The Labute approximate surface area is 172 Å². The van der Waals surface area contributed by atoms with Gasteiger partial charge in [-0.25, -0.2) is 0 Å². The Morgan fingerprint density at radius 2 is 1.86 bits per heavy atom. The summed E-state index contributed by atoms with van der Waals surface area (Å²) in [5, 5.41) is 3.71. The largest absolute Gasteiger partial charge is 0.490 e. The molecule has 2 aromatic carbocycles. The first-order chi connectivity index (χ1) is 13.5. The normalized spacial score (nSPS) is 18.7. The number of ether oxygens (including phenoxy) is 2. The summed E-state index contributed by atoms with van der Waals surface area (Å²) in [6, 6.07) is 10.3. The van der Waals surface area contributed by atoms with Crippen LogP contribution in [0.4, 0.5) is 11.4 Å². The van der Waals surface area contributed by atoms with E-state index < -0.39 is 5.92 Å². The van der Waals surface area contributed by atoms with Gasteiger partial charge in [0, 0.05) is 42.2 Å². The van der Waals surface area contributed by atoms with E-state index in [1.807, 2.05) is 0 Å². The fourth-order valence-corrected chi connectivity index (χ4v) is 3.68. The third-order valence-corrected chi connectivity index (χ3v) is 5.26. The molecule has 1 atom stereocenters. The van der Waals surface area contributed by atoms with Gasteiger partial charge >= 0.3 is 0 Å². The van der Waals surface area contributed by atoms with Crippen molar-refractivity contribution in [3.63, 3.8) is 0 Å². The number of fused-ring (bicyclic) bond motifs is 1. The van der Waals surface area contributed by atoms with Crippen LogP contribution in [0, 0.1) is 5.92 Å². The number of halogens is 2. The van der Waals surface area contributed by atoms with E-state index in [0.29, 0.717) is 46.1 Å². The lowest BCUT2D eigenvalue weighted by atomic mass is 10.1. The van der Waals surface area contributed by atoms with Crippen molar-refractivity contribution in [1.82, 2.24) is 0 Å². The van der Waals surface area contributed by atoms with E-state index in [2.05, 4.69) is 5.32 Å². The molecule has 2 aliphatic rings. The van der Waals surface area contributed by atoms with Gasteiger partial charge < -0.3 is 19.7 Å². The van der Waals surface area contributed by atoms with Crippen LogP contribution in [0.3, 0.4) is 0 Å². The lowest BCUT2D eigenvalue weighted by Crippen LogP contribution is -2.28. The predicted molar refractivity (Wildman–Crippen MR) is 108 cm³/mol. The zero-order valence-corrected chi connectivity index (χ0v) is 16.4. The molecule has 1 N–H and O–H groups in total. The van der Waals surface area contributed by atoms with Crippen LogP contribution >= 0.6 is 23.2 Å². The number of amides is 2. The average molecular weight is 421 g/mol. The van der Waals surface area contributed by atoms with E-state index in [-0.39, 0.29) is 24.8 Å². The molecule has 146 valence electrons. The zero-order valence-electron chi connectivity index (χ0n) is 14.9. The van der Waals surface area contributed by atoms with Gasteiger partial charge in [-0.15, -0.1) is 0 Å². The first kappa shape index (κ1) is 18.9. The Morgan fingerprint density at radius 1 is 1.11 bits per heavy atom. The van der Waals surface area contributed by atoms with Crippen LogP contribution in [0.15, 0.2) is 36.4 Å². The number of carbonyl (C=O) groups is 2. The molecule has 0 radical (unpaired) electrons. The van der Waals surface area contributed by atoms with Gasteiger partial charge in [0.15, 0.2) is 11.5 Å². The highest BCUT2D eigenvalue weighted by atomic mass is 35.5. The Morgan fingerprint density at radius 3 is 2.61 bits per heavy atom. The van der Waals surface area contributed by atoms with Crippen molar-refractivity contribution in [2.75, 3.05) is 30.0 Å². The lowest BCUT2D eigenvalue weighted by Gasteiger charge is -2.17. The molecule has 1 saturated heterocycles. The van der Waals surface area contributed by atoms with Crippen molar-refractivity contribution in [3.8, 4) is 11.5 Å². The van der Waals surface area contributed by atoms with Gasteiger partial charge in [0.25, 0.3) is 0 Å². The van der Waals surface area contributed by atoms with Crippen LogP contribution in [0.2, 0.25) is 10.0 Å². The lowest BCUT2D eigenvalue weighted by molar-refractivity contribution is -0.122. The van der Waals surface area contributed by atoms with Gasteiger partial charge in [0.05, 0.1) is 29.8 Å². The molecule has 1 fully saturated rings. The van der Waals surface area contributed by atoms with Crippen LogP contribution in [-0.2, 0) is 9.59 Å². The van der Waals surface area contributed by atoms with Crippen molar-refractivity contribution in [1.29, 1.82) is 0 Å². The number of hydrogen-bond acceptors (Lipinski definition) is 4. The molecule has 4 rings (SSSR count). The van der Waals surface area contributed by atoms with Crippen molar-refractivity contribution in [3.05, 3.63) is 46.4 Å². The van der Waals surface area contributed by atoms with Crippen LogP contribution in [0.25, 0.3) is 0 Å². The van der Waals surface area contributed by atoms with Crippen molar-refractivity contribution >= 4 is 46.4 Å². The molecule has 6 nitrogen and oxygen atoms in total. The molecule has 28 heavy (non-hydrogen) atoms. The van der Waals surface area contributed by atoms with E-state index in [9.17, 15) is 9.59 Å². The molecule has 8 heteroatoms. The Kier molecular flexibility index (Phi) is 5.33. The van der Waals surface area contributed by atoms with Crippen LogP contribution in [-0.4, -0.2) is 31.6 Å². The number of carbonyl (C=O) groups excluding carboxylic acids is 2. The quantitative estimate of drug-likeness (QED) is 0.809. The summed E-state index contributed by atoms with van der Waals surface area (Å²) in [4.78, 5) is 26.7. The van der Waals surface area contributed by atoms with Crippen LogP contribution < -0.4 is 19.7 Å². The number of nitrogens with zero attached hydrogens (tertiary/aromatic N) is 1. The standard InChI is InChI=1S/C20H18Cl2N2O4/c21-13-3-1-4-14(8-13)24-11-12(7-19(24)25)20(26)23-16-10-18-17(9-15(16)22)27-5-2-6-28-18/h1,3-4,8-10,12H,2,5-7,11H2,(H,23,26). The third-order valence-electron chi connectivity index (χ3n) is 4.71. The minimum atomic E-state index is -0.487. The van der Waals surface area contributed by atoms with E-state index in [1.54, 1.807) is 41.3 Å². The molecule has 2 amide bonds. The molecular formula is C20H18Cl2N2O4. The average Bonchev–Trinajstić information content (AvgIpc) is 2.91. The summed E-state index contributed by atoms with van der Waals surface area (Å²) in [6.07, 6.45) is 0.901. The highest BCUT2D eigenvalue weighted by Gasteiger charge is 2.35. The van der Waals surface area contributed by atoms with Crippen molar-refractivity contribution < 1.29 is 19.1 Å². The predicted octanol–water partition coefficient (Wildman–Crippen LogP) is 4.15. The number of anilines is 2. The van der Waals surface area contributed by atoms with Crippen molar-refractivity contribution in [2.45, 2.75) is 12.8 Å². The second kappa shape index (κ2) is 7.89. The Hall–Kier alpha value is -2.44. The molecule has 0 bridgehead atoms. The van der Waals surface area contributed by atoms with E-state index >= 15 is 0 Å². The second-order valence-corrected chi connectivity index (χ2v) is 7.55. The molecule has 2 aromatic rings. The number of benzene rings is 2. The second-order valence-electron chi connectivity index (χ2n) is 6.70. The monoisotopic (exact) mass is 420 g/mol. The Bertz CT molecular complexity index is 934. The summed E-state index contributed by atoms with van der Waals surface area (Å²) in [7, 11) is 0. The maximum Gasteiger partial charge on any atom is 0.229 e. The van der Waals surface area contributed by atoms with Gasteiger partial charge in [-0.2, -0.15) is 0 Å². The third kappa shape index (κ3) is 3.88. The summed E-state index contributed by atoms with van der Waals surface area (Å²) in [5.74, 6) is 0.226. The SMILES string of the molecule is O=C(Nc1cc2c(cc1Cl)OCCCO2)C1CC(=O)N(c2cccc(Cl)c2)C1. The van der Waals surface area contributed by atoms with Gasteiger partial charge in [0.2, 0.25) is 11.8 Å². The first-order valence-electron chi connectivity index (χ1n) is 8.97. The van der Waals surface area contributed by atoms with Crippen molar-refractivity contribution in [2.24, 2.45) is 5.92 Å². The van der Waals surface area contributed by atoms with Gasteiger partial charge in [-0.3, -0.25) is 9.59 Å². The summed E-state index contributed by atoms with van der Waals surface area (Å²) < 4.78 is 11.2. The first-order valence-corrected chi connectivity index (χ1v) is 9.73. The minimum Gasteiger partial charge on any atom is -0.490 e. The molecule has 0 spiro atoms. The van der Waals surface area contributed by atoms with Crippen LogP contribution in [0.1, 0.15) is 12.8 Å². The van der Waals surface area contributed by atoms with E-state index in [0.717, 1.165) is 6.42 Å². The van der Waals surface area contributed by atoms with E-state index in [4.69, 9.17) is 32.7 Å². The number of nitrogens with one attached hydrogen (secondary N) is 1. The highest BCUT2D eigenvalue weighted by molar-refractivity contribution is 6.34. The molecule has 2 heterocycles. The molecule has 0 aliphatic carbocycles. The van der Waals surface area contributed by atoms with E-state index in [1.165, 1.54) is 0 Å². The van der Waals surface area contributed by atoms with Gasteiger partial charge in [0.1, 0.15) is 0 Å². The molecular weight excluding hydrogens is 403 g/mol. The maximum absolute atomic E-state index is 12.7. The molecule has 0 saturated carbocycles. The minimum absolute atomic E-state index is 0.118. The summed E-state index contributed by atoms with van der Waals surface area (Å²) >= 11 is 12.3. The fourth-order valence-electron chi connectivity index (χ4n) is 3.29. The summed E-state index contributed by atoms with van der Waals surface area (Å²) in [5.41, 5.74) is 1.12. The van der Waals surface area contributed by atoms with Gasteiger partial charge in [-0.1, -0.05) is 29.3 Å². The summed E-state index contributed by atoms with van der Waals surface area (Å²) in [6.45, 7) is 1.37. The Balaban J connectivity index is 1.49. The fraction of sp³-hybridized carbons (Fsp3) is 0.300. The molecule has 2 aliphatic heterocycles. The highest BCUT2D eigenvalue weighted by Crippen LogP contribution is 2.38. The molecule has 1 unspecified atom stereocenters. The van der Waals surface area contributed by atoms with Crippen LogP contribution in [0.5, 0.6) is 11.5 Å². The van der Waals surface area contributed by atoms with Gasteiger partial charge in [-0.05, 0) is 18.2 Å². The topological polar surface area (TPSA) is 67.9 Å². The molecule has 0 aromatic heterocycles. The maximum atomic E-state index is 12.7. The smallest absolute Gasteiger partial charge is 0.229 e. The number of rotatable bonds is 3. The zero-order chi connectivity index (χ0) is 19.7. The number of hydrogen-bond donors (Lipinski definition) is 1.